The van der Waals surface area contributed by atoms with Crippen LogP contribution < -0.4 is 5.56 Å². The van der Waals surface area contributed by atoms with E-state index < -0.39 is 0 Å². The number of hydrogen-bond acceptors (Lipinski definition) is 3. The van der Waals surface area contributed by atoms with Crippen molar-refractivity contribution in [1.29, 1.82) is 0 Å². The predicted octanol–water partition coefficient (Wildman–Crippen LogP) is 4.81. The lowest BCUT2D eigenvalue weighted by Crippen LogP contribution is -2.16. The standard InChI is InChI=1S/C23H17BrN4O/c1-15-6-2-4-8-20(15)28-23(29)19-14-27(13-17-11-10-16(24)12-25-17)21-9-5-3-7-18(21)22(19)26-28/h2-12,14H,13H2,1H3. The molecule has 5 nitrogen and oxygen atoms in total. The maximum Gasteiger partial charge on any atom is 0.282 e. The minimum Gasteiger partial charge on any atom is -0.341 e. The first-order chi connectivity index (χ1) is 14.1. The number of nitrogens with zero attached hydrogens (tertiary/aromatic N) is 4. The number of halogens is 1. The fraction of sp³-hybridized carbons (Fsp3) is 0.0870. The van der Waals surface area contributed by atoms with Crippen LogP contribution in [0.5, 0.6) is 0 Å². The van der Waals surface area contributed by atoms with E-state index in [4.69, 9.17) is 5.10 Å². The van der Waals surface area contributed by atoms with E-state index in [9.17, 15) is 4.79 Å². The topological polar surface area (TPSA) is 52.7 Å². The molecular weight excluding hydrogens is 428 g/mol. The maximum absolute atomic E-state index is 13.2. The molecule has 5 rings (SSSR count). The van der Waals surface area contributed by atoms with Gasteiger partial charge in [0, 0.05) is 22.3 Å². The predicted molar refractivity (Wildman–Crippen MR) is 118 cm³/mol. The lowest BCUT2D eigenvalue weighted by atomic mass is 10.1. The molecule has 3 aromatic rings. The fourth-order valence-corrected chi connectivity index (χ4v) is 3.88. The van der Waals surface area contributed by atoms with Crippen molar-refractivity contribution in [3.05, 3.63) is 99.1 Å². The molecule has 0 spiro atoms. The molecule has 6 heteroatoms. The SMILES string of the molecule is Cc1ccccc1-n1nc2c3ccccc3n(Cc3ccc(Br)cn3)cc-2c1=O. The molecule has 0 fully saturated rings. The molecule has 2 aromatic carbocycles. The molecule has 2 aliphatic heterocycles. The Bertz CT molecular complexity index is 1370. The van der Waals surface area contributed by atoms with Crippen LogP contribution in [0.2, 0.25) is 0 Å². The average molecular weight is 445 g/mol. The van der Waals surface area contributed by atoms with Gasteiger partial charge in [-0.15, -0.1) is 0 Å². The lowest BCUT2D eigenvalue weighted by Gasteiger charge is -2.13. The molecule has 0 bridgehead atoms. The summed E-state index contributed by atoms with van der Waals surface area (Å²) in [5, 5.41) is 5.65. The molecule has 0 amide bonds. The molecule has 3 heterocycles. The van der Waals surface area contributed by atoms with Crippen molar-refractivity contribution in [2.24, 2.45) is 0 Å². The summed E-state index contributed by atoms with van der Waals surface area (Å²) in [4.78, 5) is 17.7. The van der Waals surface area contributed by atoms with Crippen LogP contribution in [-0.4, -0.2) is 19.3 Å². The summed E-state index contributed by atoms with van der Waals surface area (Å²) in [6.07, 6.45) is 3.68. The first-order valence-electron chi connectivity index (χ1n) is 9.29. The van der Waals surface area contributed by atoms with E-state index in [0.717, 1.165) is 32.3 Å². The lowest BCUT2D eigenvalue weighted by molar-refractivity contribution is 0.799. The summed E-state index contributed by atoms with van der Waals surface area (Å²) in [7, 11) is 0. The Morgan fingerprint density at radius 3 is 2.59 bits per heavy atom. The van der Waals surface area contributed by atoms with Crippen LogP contribution in [0.15, 0.2) is 82.3 Å². The first-order valence-corrected chi connectivity index (χ1v) is 10.1. The van der Waals surface area contributed by atoms with Crippen LogP contribution in [0.3, 0.4) is 0 Å². The summed E-state index contributed by atoms with van der Waals surface area (Å²) >= 11 is 3.42. The molecule has 2 aliphatic rings. The Morgan fingerprint density at radius 1 is 1.00 bits per heavy atom. The van der Waals surface area contributed by atoms with E-state index in [1.807, 2.05) is 73.8 Å². The van der Waals surface area contributed by atoms with Gasteiger partial charge < -0.3 is 4.57 Å². The Kier molecular flexibility index (Phi) is 4.28. The highest BCUT2D eigenvalue weighted by Gasteiger charge is 2.21. The van der Waals surface area contributed by atoms with E-state index in [1.54, 1.807) is 6.20 Å². The van der Waals surface area contributed by atoms with Gasteiger partial charge in [0.25, 0.3) is 5.56 Å². The summed E-state index contributed by atoms with van der Waals surface area (Å²) in [6.45, 7) is 2.55. The normalized spacial score (nSPS) is 11.4. The first kappa shape index (κ1) is 17.8. The summed E-state index contributed by atoms with van der Waals surface area (Å²) in [5.41, 5.74) is 4.95. The van der Waals surface area contributed by atoms with E-state index in [2.05, 4.69) is 25.5 Å². The van der Waals surface area contributed by atoms with Crippen molar-refractivity contribution < 1.29 is 0 Å². The van der Waals surface area contributed by atoms with Crippen molar-refractivity contribution in [2.75, 3.05) is 0 Å². The second kappa shape index (κ2) is 6.97. The molecule has 0 N–H and O–H groups in total. The molecule has 0 unspecified atom stereocenters. The van der Waals surface area contributed by atoms with Gasteiger partial charge in [0.2, 0.25) is 0 Å². The number of rotatable bonds is 3. The van der Waals surface area contributed by atoms with Gasteiger partial charge in [0.1, 0.15) is 5.69 Å². The number of pyridine rings is 2. The number of para-hydroxylation sites is 2. The summed E-state index contributed by atoms with van der Waals surface area (Å²) in [5.74, 6) is 0. The number of aromatic nitrogens is 4. The molecule has 142 valence electrons. The van der Waals surface area contributed by atoms with Crippen LogP contribution in [-0.2, 0) is 6.54 Å². The molecule has 0 aliphatic carbocycles. The van der Waals surface area contributed by atoms with Crippen LogP contribution in [0.4, 0.5) is 0 Å². The summed E-state index contributed by atoms with van der Waals surface area (Å²) < 4.78 is 4.52. The minimum absolute atomic E-state index is 0.113. The van der Waals surface area contributed by atoms with Crippen molar-refractivity contribution in [1.82, 2.24) is 19.3 Å². The van der Waals surface area contributed by atoms with Crippen LogP contribution in [0.1, 0.15) is 11.3 Å². The van der Waals surface area contributed by atoms with Gasteiger partial charge in [-0.05, 0) is 52.7 Å². The highest BCUT2D eigenvalue weighted by atomic mass is 79.9. The molecule has 0 atom stereocenters. The monoisotopic (exact) mass is 444 g/mol. The smallest absolute Gasteiger partial charge is 0.282 e. The van der Waals surface area contributed by atoms with Crippen LogP contribution >= 0.6 is 15.9 Å². The molecule has 0 radical (unpaired) electrons. The zero-order valence-electron chi connectivity index (χ0n) is 15.7. The van der Waals surface area contributed by atoms with Gasteiger partial charge in [-0.1, -0.05) is 36.4 Å². The minimum atomic E-state index is -0.113. The van der Waals surface area contributed by atoms with Crippen LogP contribution in [0.25, 0.3) is 27.8 Å². The zero-order valence-corrected chi connectivity index (χ0v) is 17.3. The number of aryl methyl sites for hydroxylation is 1. The third-order valence-electron chi connectivity index (χ3n) is 5.10. The van der Waals surface area contributed by atoms with Crippen molar-refractivity contribution in [2.45, 2.75) is 13.5 Å². The second-order valence-electron chi connectivity index (χ2n) is 7.01. The Labute approximate surface area is 175 Å². The maximum atomic E-state index is 13.2. The molecular formula is C23H17BrN4O. The van der Waals surface area contributed by atoms with Gasteiger partial charge in [0.05, 0.1) is 29.0 Å². The molecule has 0 saturated heterocycles. The third-order valence-corrected chi connectivity index (χ3v) is 5.57. The van der Waals surface area contributed by atoms with Gasteiger partial charge in [-0.3, -0.25) is 9.78 Å². The Morgan fingerprint density at radius 2 is 1.79 bits per heavy atom. The van der Waals surface area contributed by atoms with Gasteiger partial charge in [-0.25, -0.2) is 0 Å². The van der Waals surface area contributed by atoms with E-state index >= 15 is 0 Å². The molecule has 0 saturated carbocycles. The van der Waals surface area contributed by atoms with Crippen molar-refractivity contribution in [3.8, 4) is 16.9 Å². The number of hydrogen-bond donors (Lipinski definition) is 0. The quantitative estimate of drug-likeness (QED) is 0.401. The fourth-order valence-electron chi connectivity index (χ4n) is 3.65. The van der Waals surface area contributed by atoms with Crippen LogP contribution in [0, 0.1) is 6.92 Å². The number of benzene rings is 2. The largest absolute Gasteiger partial charge is 0.341 e. The highest BCUT2D eigenvalue weighted by molar-refractivity contribution is 9.10. The molecule has 1 aromatic heterocycles. The van der Waals surface area contributed by atoms with Gasteiger partial charge in [-0.2, -0.15) is 9.78 Å². The van der Waals surface area contributed by atoms with E-state index in [0.29, 0.717) is 17.8 Å². The van der Waals surface area contributed by atoms with Crippen molar-refractivity contribution in [3.63, 3.8) is 0 Å². The molecule has 29 heavy (non-hydrogen) atoms. The number of fused-ring (bicyclic) bond motifs is 3. The van der Waals surface area contributed by atoms with Gasteiger partial charge in [0.15, 0.2) is 0 Å². The van der Waals surface area contributed by atoms with Crippen molar-refractivity contribution >= 4 is 26.8 Å². The highest BCUT2D eigenvalue weighted by Crippen LogP contribution is 2.28. The Hall–Kier alpha value is -3.25. The summed E-state index contributed by atoms with van der Waals surface area (Å²) in [6, 6.07) is 19.8. The van der Waals surface area contributed by atoms with E-state index in [1.165, 1.54) is 4.68 Å². The third kappa shape index (κ3) is 3.06. The zero-order chi connectivity index (χ0) is 20.0. The Balaban J connectivity index is 1.76. The average Bonchev–Trinajstić information content (AvgIpc) is 3.07. The van der Waals surface area contributed by atoms with E-state index in [-0.39, 0.29) is 5.56 Å². The van der Waals surface area contributed by atoms with Gasteiger partial charge >= 0.3 is 0 Å². The second-order valence-corrected chi connectivity index (χ2v) is 7.92.